The molecule has 23 heavy (non-hydrogen) atoms. The van der Waals surface area contributed by atoms with Crippen molar-refractivity contribution in [3.63, 3.8) is 0 Å². The Morgan fingerprint density at radius 2 is 2.00 bits per heavy atom. The second kappa shape index (κ2) is 7.16. The van der Waals surface area contributed by atoms with Crippen LogP contribution in [0.4, 0.5) is 4.39 Å². The van der Waals surface area contributed by atoms with Gasteiger partial charge in [-0.15, -0.1) is 0 Å². The first-order valence-corrected chi connectivity index (χ1v) is 8.48. The van der Waals surface area contributed by atoms with E-state index in [0.717, 1.165) is 12.1 Å². The Kier molecular flexibility index (Phi) is 5.19. The van der Waals surface area contributed by atoms with E-state index in [1.807, 2.05) is 29.2 Å². The average molecular weight is 341 g/mol. The molecule has 0 N–H and O–H groups in total. The normalized spacial score (nSPS) is 26.3. The van der Waals surface area contributed by atoms with Gasteiger partial charge in [-0.2, -0.15) is 0 Å². The molecule has 6 heteroatoms. The topological polar surface area (TPSA) is 32.8 Å². The Morgan fingerprint density at radius 1 is 1.26 bits per heavy atom. The Morgan fingerprint density at radius 3 is 2.74 bits per heavy atom. The van der Waals surface area contributed by atoms with Gasteiger partial charge in [-0.1, -0.05) is 29.8 Å². The number of hydrogen-bond donors (Lipinski definition) is 0. The minimum atomic E-state index is -1.79. The molecule has 3 rings (SSSR count). The van der Waals surface area contributed by atoms with Gasteiger partial charge >= 0.3 is 0 Å². The van der Waals surface area contributed by atoms with Crippen molar-refractivity contribution in [3.05, 3.63) is 34.9 Å². The summed E-state index contributed by atoms with van der Waals surface area (Å²) < 4.78 is 20.5. The number of benzene rings is 1. The van der Waals surface area contributed by atoms with Crippen LogP contribution < -0.4 is 0 Å². The van der Waals surface area contributed by atoms with E-state index < -0.39 is 5.67 Å². The van der Waals surface area contributed by atoms with Crippen molar-refractivity contribution in [3.8, 4) is 0 Å². The van der Waals surface area contributed by atoms with Crippen LogP contribution in [0.25, 0.3) is 0 Å². The van der Waals surface area contributed by atoms with E-state index in [0.29, 0.717) is 50.7 Å². The zero-order valence-electron chi connectivity index (χ0n) is 13.1. The molecule has 0 radical (unpaired) electrons. The maximum atomic E-state index is 15.3. The van der Waals surface area contributed by atoms with E-state index >= 15 is 4.39 Å². The first-order chi connectivity index (χ1) is 11.1. The van der Waals surface area contributed by atoms with Gasteiger partial charge in [0, 0.05) is 31.2 Å². The van der Waals surface area contributed by atoms with Gasteiger partial charge in [0.05, 0.1) is 13.2 Å². The van der Waals surface area contributed by atoms with E-state index in [1.165, 1.54) is 0 Å². The van der Waals surface area contributed by atoms with E-state index in [2.05, 4.69) is 0 Å². The highest BCUT2D eigenvalue weighted by Crippen LogP contribution is 2.29. The van der Waals surface area contributed by atoms with Crippen LogP contribution in [-0.2, 0) is 16.1 Å². The van der Waals surface area contributed by atoms with Crippen LogP contribution in [0, 0.1) is 0 Å². The van der Waals surface area contributed by atoms with Gasteiger partial charge in [0.25, 0.3) is 5.91 Å². The molecule has 0 spiro atoms. The number of amides is 1. The number of ether oxygens (including phenoxy) is 1. The number of nitrogens with zero attached hydrogens (tertiary/aromatic N) is 2. The molecule has 2 heterocycles. The van der Waals surface area contributed by atoms with Gasteiger partial charge < -0.3 is 9.64 Å². The molecule has 0 aliphatic carbocycles. The summed E-state index contributed by atoms with van der Waals surface area (Å²) in [6.45, 7) is 3.43. The van der Waals surface area contributed by atoms with Gasteiger partial charge in [-0.3, -0.25) is 9.69 Å². The van der Waals surface area contributed by atoms with Crippen LogP contribution in [0.1, 0.15) is 18.4 Å². The predicted molar refractivity (Wildman–Crippen MR) is 87.2 cm³/mol. The number of hydrogen-bond acceptors (Lipinski definition) is 3. The predicted octanol–water partition coefficient (Wildman–Crippen LogP) is 2.50. The lowest BCUT2D eigenvalue weighted by Crippen LogP contribution is -2.57. The molecule has 2 saturated heterocycles. The first kappa shape index (κ1) is 16.7. The molecular formula is C17H22ClFN2O2. The third kappa shape index (κ3) is 3.84. The lowest BCUT2D eigenvalue weighted by Gasteiger charge is -2.40. The fraction of sp³-hybridized carbons (Fsp3) is 0.588. The van der Waals surface area contributed by atoms with Crippen molar-refractivity contribution in [2.45, 2.75) is 25.1 Å². The van der Waals surface area contributed by atoms with Crippen molar-refractivity contribution in [1.29, 1.82) is 0 Å². The molecule has 0 bridgehead atoms. The van der Waals surface area contributed by atoms with Crippen molar-refractivity contribution >= 4 is 17.5 Å². The lowest BCUT2D eigenvalue weighted by molar-refractivity contribution is -0.152. The summed E-state index contributed by atoms with van der Waals surface area (Å²) >= 11 is 6.19. The number of likely N-dealkylation sites (tertiary alicyclic amines) is 1. The third-order valence-electron chi connectivity index (χ3n) is 4.55. The van der Waals surface area contributed by atoms with E-state index in [1.54, 1.807) is 4.90 Å². The standard InChI is InChI=1S/C17H22ClFN2O2/c18-15-5-2-1-4-14(15)12-20-7-3-6-17(19,13-20)16(22)21-8-10-23-11-9-21/h1-2,4-5H,3,6-13H2. The first-order valence-electron chi connectivity index (χ1n) is 8.10. The molecule has 4 nitrogen and oxygen atoms in total. The highest BCUT2D eigenvalue weighted by Gasteiger charge is 2.45. The molecule has 1 amide bonds. The van der Waals surface area contributed by atoms with Crippen LogP contribution in [0.5, 0.6) is 0 Å². The average Bonchev–Trinajstić information content (AvgIpc) is 2.57. The largest absolute Gasteiger partial charge is 0.378 e. The number of alkyl halides is 1. The smallest absolute Gasteiger partial charge is 0.261 e. The fourth-order valence-corrected chi connectivity index (χ4v) is 3.52. The minimum absolute atomic E-state index is 0.133. The second-order valence-corrected chi connectivity index (χ2v) is 6.68. The van der Waals surface area contributed by atoms with E-state index in [9.17, 15) is 4.79 Å². The number of carbonyl (C=O) groups excluding carboxylic acids is 1. The molecular weight excluding hydrogens is 319 g/mol. The highest BCUT2D eigenvalue weighted by atomic mass is 35.5. The fourth-order valence-electron chi connectivity index (χ4n) is 3.32. The second-order valence-electron chi connectivity index (χ2n) is 6.28. The number of carbonyl (C=O) groups is 1. The maximum Gasteiger partial charge on any atom is 0.261 e. The number of morpholine rings is 1. The summed E-state index contributed by atoms with van der Waals surface area (Å²) in [6, 6.07) is 7.58. The number of rotatable bonds is 3. The molecule has 1 aromatic carbocycles. The Hall–Kier alpha value is -1.17. The molecule has 2 aliphatic heterocycles. The Labute approximate surface area is 141 Å². The molecule has 0 aromatic heterocycles. The summed E-state index contributed by atoms with van der Waals surface area (Å²) in [5, 5.41) is 0.682. The molecule has 2 aliphatic rings. The molecule has 0 saturated carbocycles. The van der Waals surface area contributed by atoms with Gasteiger partial charge in [-0.05, 0) is 31.0 Å². The highest BCUT2D eigenvalue weighted by molar-refractivity contribution is 6.31. The third-order valence-corrected chi connectivity index (χ3v) is 4.92. The maximum absolute atomic E-state index is 15.3. The summed E-state index contributed by atoms with van der Waals surface area (Å²) in [6.07, 6.45) is 0.971. The quantitative estimate of drug-likeness (QED) is 0.847. The molecule has 1 atom stereocenters. The minimum Gasteiger partial charge on any atom is -0.378 e. The van der Waals surface area contributed by atoms with Crippen LogP contribution in [0.15, 0.2) is 24.3 Å². The van der Waals surface area contributed by atoms with Gasteiger partial charge in [0.1, 0.15) is 0 Å². The summed E-state index contributed by atoms with van der Waals surface area (Å²) in [4.78, 5) is 16.2. The SMILES string of the molecule is O=C(N1CCOCC1)C1(F)CCCN(Cc2ccccc2Cl)C1. The van der Waals surface area contributed by atoms with E-state index in [4.69, 9.17) is 16.3 Å². The molecule has 126 valence electrons. The van der Waals surface area contributed by atoms with Crippen molar-refractivity contribution in [2.75, 3.05) is 39.4 Å². The van der Waals surface area contributed by atoms with E-state index in [-0.39, 0.29) is 12.5 Å². The van der Waals surface area contributed by atoms with Gasteiger partial charge in [-0.25, -0.2) is 4.39 Å². The van der Waals surface area contributed by atoms with Crippen LogP contribution in [0.3, 0.4) is 0 Å². The molecule has 1 unspecified atom stereocenters. The number of piperidine rings is 1. The summed E-state index contributed by atoms with van der Waals surface area (Å²) in [5.41, 5.74) is -0.825. The van der Waals surface area contributed by atoms with Crippen LogP contribution >= 0.6 is 11.6 Å². The van der Waals surface area contributed by atoms with Crippen molar-refractivity contribution in [1.82, 2.24) is 9.80 Å². The van der Waals surface area contributed by atoms with Crippen molar-refractivity contribution < 1.29 is 13.9 Å². The van der Waals surface area contributed by atoms with Gasteiger partial charge in [0.2, 0.25) is 5.67 Å². The zero-order chi connectivity index (χ0) is 16.3. The molecule has 1 aromatic rings. The Balaban J connectivity index is 1.67. The zero-order valence-corrected chi connectivity index (χ0v) is 13.9. The van der Waals surface area contributed by atoms with Crippen molar-refractivity contribution in [2.24, 2.45) is 0 Å². The van der Waals surface area contributed by atoms with Crippen LogP contribution in [0.2, 0.25) is 5.02 Å². The summed E-state index contributed by atoms with van der Waals surface area (Å²) in [5.74, 6) is -0.385. The molecule has 2 fully saturated rings. The number of halogens is 2. The monoisotopic (exact) mass is 340 g/mol. The Bertz CT molecular complexity index is 565. The van der Waals surface area contributed by atoms with Gasteiger partial charge in [0.15, 0.2) is 0 Å². The summed E-state index contributed by atoms with van der Waals surface area (Å²) in [7, 11) is 0. The van der Waals surface area contributed by atoms with Crippen LogP contribution in [-0.4, -0.2) is 60.8 Å². The lowest BCUT2D eigenvalue weighted by atomic mass is 9.92.